The Hall–Kier alpha value is -1.35. The number of hydrogen-bond acceptors (Lipinski definition) is 2. The Labute approximate surface area is 115 Å². The van der Waals surface area contributed by atoms with E-state index in [1.54, 1.807) is 4.90 Å². The molecule has 19 heavy (non-hydrogen) atoms. The minimum atomic E-state index is -0.330. The van der Waals surface area contributed by atoms with Crippen molar-refractivity contribution < 1.29 is 9.90 Å². The third kappa shape index (κ3) is 3.57. The normalized spacial score (nSPS) is 20.6. The van der Waals surface area contributed by atoms with Crippen LogP contribution in [-0.4, -0.2) is 35.1 Å². The Morgan fingerprint density at radius 3 is 2.63 bits per heavy atom. The second kappa shape index (κ2) is 6.20. The first-order valence-corrected chi connectivity index (χ1v) is 7.14. The molecule has 1 amide bonds. The maximum absolute atomic E-state index is 12.1. The Balaban J connectivity index is 1.92. The molecule has 0 saturated carbocycles. The molecule has 1 N–H and O–H groups in total. The zero-order chi connectivity index (χ0) is 13.8. The zero-order valence-corrected chi connectivity index (χ0v) is 11.8. The molecular weight excluding hydrogens is 238 g/mol. The van der Waals surface area contributed by atoms with Crippen molar-refractivity contribution >= 4 is 5.91 Å². The largest absolute Gasteiger partial charge is 0.391 e. The highest BCUT2D eigenvalue weighted by Crippen LogP contribution is 2.22. The van der Waals surface area contributed by atoms with Gasteiger partial charge in [-0.25, -0.2) is 0 Å². The number of benzene rings is 1. The monoisotopic (exact) mass is 261 g/mol. The maximum Gasteiger partial charge on any atom is 0.223 e. The molecule has 0 radical (unpaired) electrons. The van der Waals surface area contributed by atoms with E-state index in [0.29, 0.717) is 25.9 Å². The number of amides is 1. The van der Waals surface area contributed by atoms with Gasteiger partial charge in [-0.05, 0) is 29.9 Å². The summed E-state index contributed by atoms with van der Waals surface area (Å²) >= 11 is 0. The molecule has 1 heterocycles. The minimum Gasteiger partial charge on any atom is -0.391 e. The lowest BCUT2D eigenvalue weighted by Gasteiger charge is -2.19. The summed E-state index contributed by atoms with van der Waals surface area (Å²) in [4.78, 5) is 13.9. The first-order valence-electron chi connectivity index (χ1n) is 7.14. The van der Waals surface area contributed by atoms with E-state index in [0.717, 1.165) is 6.42 Å². The SMILES string of the molecule is CCc1ccc(C(C)CC(=O)N2CC[C@@H](O)C2)cc1. The average Bonchev–Trinajstić information content (AvgIpc) is 2.85. The lowest BCUT2D eigenvalue weighted by atomic mass is 9.96. The number of carbonyl (C=O) groups is 1. The quantitative estimate of drug-likeness (QED) is 0.903. The number of hydrogen-bond donors (Lipinski definition) is 1. The van der Waals surface area contributed by atoms with Gasteiger partial charge < -0.3 is 10.0 Å². The highest BCUT2D eigenvalue weighted by atomic mass is 16.3. The standard InChI is InChI=1S/C16H23NO2/c1-3-13-4-6-14(7-5-13)12(2)10-16(19)17-9-8-15(18)11-17/h4-7,12,15,18H,3,8-11H2,1-2H3/t12?,15-/m1/s1. The molecule has 1 saturated heterocycles. The van der Waals surface area contributed by atoms with Gasteiger partial charge in [-0.3, -0.25) is 4.79 Å². The van der Waals surface area contributed by atoms with E-state index < -0.39 is 0 Å². The number of carbonyl (C=O) groups excluding carboxylic acids is 1. The molecule has 3 heteroatoms. The van der Waals surface area contributed by atoms with Crippen molar-refractivity contribution in [3.63, 3.8) is 0 Å². The van der Waals surface area contributed by atoms with Crippen molar-refractivity contribution in [3.05, 3.63) is 35.4 Å². The lowest BCUT2D eigenvalue weighted by molar-refractivity contribution is -0.130. The molecule has 104 valence electrons. The smallest absolute Gasteiger partial charge is 0.223 e. The van der Waals surface area contributed by atoms with Gasteiger partial charge in [0.1, 0.15) is 0 Å². The van der Waals surface area contributed by atoms with Crippen molar-refractivity contribution in [2.24, 2.45) is 0 Å². The predicted octanol–water partition coefficient (Wildman–Crippen LogP) is 2.34. The van der Waals surface area contributed by atoms with Crippen LogP contribution in [0.3, 0.4) is 0 Å². The molecule has 1 aromatic rings. The van der Waals surface area contributed by atoms with Crippen LogP contribution in [0.25, 0.3) is 0 Å². The summed E-state index contributed by atoms with van der Waals surface area (Å²) in [7, 11) is 0. The maximum atomic E-state index is 12.1. The van der Waals surface area contributed by atoms with E-state index in [1.165, 1.54) is 11.1 Å². The van der Waals surface area contributed by atoms with Crippen molar-refractivity contribution in [2.75, 3.05) is 13.1 Å². The van der Waals surface area contributed by atoms with Crippen LogP contribution < -0.4 is 0 Å². The fourth-order valence-electron chi connectivity index (χ4n) is 2.56. The second-order valence-corrected chi connectivity index (χ2v) is 5.48. The molecule has 2 atom stereocenters. The summed E-state index contributed by atoms with van der Waals surface area (Å²) in [5.41, 5.74) is 2.54. The lowest BCUT2D eigenvalue weighted by Crippen LogP contribution is -2.30. The molecule has 3 nitrogen and oxygen atoms in total. The van der Waals surface area contributed by atoms with Crippen molar-refractivity contribution in [1.82, 2.24) is 4.90 Å². The molecule has 1 aliphatic heterocycles. The summed E-state index contributed by atoms with van der Waals surface area (Å²) < 4.78 is 0. The van der Waals surface area contributed by atoms with Gasteiger partial charge in [-0.2, -0.15) is 0 Å². The second-order valence-electron chi connectivity index (χ2n) is 5.48. The number of aliphatic hydroxyl groups excluding tert-OH is 1. The van der Waals surface area contributed by atoms with E-state index in [4.69, 9.17) is 0 Å². The van der Waals surface area contributed by atoms with Crippen molar-refractivity contribution in [3.8, 4) is 0 Å². The van der Waals surface area contributed by atoms with E-state index in [2.05, 4.69) is 38.1 Å². The van der Waals surface area contributed by atoms with Gasteiger partial charge in [0, 0.05) is 19.5 Å². The van der Waals surface area contributed by atoms with Gasteiger partial charge >= 0.3 is 0 Å². The summed E-state index contributed by atoms with van der Waals surface area (Å²) in [5.74, 6) is 0.389. The van der Waals surface area contributed by atoms with Crippen LogP contribution in [0.15, 0.2) is 24.3 Å². The van der Waals surface area contributed by atoms with Gasteiger partial charge in [-0.1, -0.05) is 38.1 Å². The Bertz CT molecular complexity index is 427. The van der Waals surface area contributed by atoms with E-state index in [-0.39, 0.29) is 17.9 Å². The van der Waals surface area contributed by atoms with Gasteiger partial charge in [0.05, 0.1) is 6.10 Å². The van der Waals surface area contributed by atoms with Gasteiger partial charge in [-0.15, -0.1) is 0 Å². The van der Waals surface area contributed by atoms with Gasteiger partial charge in [0.2, 0.25) is 5.91 Å². The van der Waals surface area contributed by atoms with Crippen molar-refractivity contribution in [2.45, 2.75) is 45.1 Å². The van der Waals surface area contributed by atoms with Crippen LogP contribution in [0.5, 0.6) is 0 Å². The van der Waals surface area contributed by atoms with Crippen LogP contribution in [0.2, 0.25) is 0 Å². The molecule has 0 aliphatic carbocycles. The number of aliphatic hydroxyl groups is 1. The first kappa shape index (κ1) is 14.1. The van der Waals surface area contributed by atoms with E-state index in [1.807, 2.05) is 0 Å². The topological polar surface area (TPSA) is 40.5 Å². The van der Waals surface area contributed by atoms with E-state index >= 15 is 0 Å². The predicted molar refractivity (Wildman–Crippen MR) is 76.1 cm³/mol. The molecule has 0 spiro atoms. The molecule has 1 aromatic carbocycles. The van der Waals surface area contributed by atoms with Crippen molar-refractivity contribution in [1.29, 1.82) is 0 Å². The fourth-order valence-corrected chi connectivity index (χ4v) is 2.56. The summed E-state index contributed by atoms with van der Waals surface area (Å²) in [6.45, 7) is 5.42. The highest BCUT2D eigenvalue weighted by Gasteiger charge is 2.25. The molecule has 2 rings (SSSR count). The molecule has 0 aromatic heterocycles. The third-order valence-corrected chi connectivity index (χ3v) is 3.95. The van der Waals surface area contributed by atoms with Gasteiger partial charge in [0.25, 0.3) is 0 Å². The zero-order valence-electron chi connectivity index (χ0n) is 11.8. The van der Waals surface area contributed by atoms with Crippen LogP contribution in [0, 0.1) is 0 Å². The number of nitrogens with zero attached hydrogens (tertiary/aromatic N) is 1. The molecular formula is C16H23NO2. The fraction of sp³-hybridized carbons (Fsp3) is 0.562. The molecule has 1 fully saturated rings. The highest BCUT2D eigenvalue weighted by molar-refractivity contribution is 5.77. The molecule has 1 unspecified atom stereocenters. The number of likely N-dealkylation sites (tertiary alicyclic amines) is 1. The van der Waals surface area contributed by atoms with Crippen LogP contribution in [-0.2, 0) is 11.2 Å². The summed E-state index contributed by atoms with van der Waals surface area (Å²) in [5, 5.41) is 9.46. The van der Waals surface area contributed by atoms with E-state index in [9.17, 15) is 9.90 Å². The Kier molecular flexibility index (Phi) is 4.59. The Morgan fingerprint density at radius 1 is 1.42 bits per heavy atom. The molecule has 0 bridgehead atoms. The van der Waals surface area contributed by atoms with Crippen LogP contribution in [0.4, 0.5) is 0 Å². The Morgan fingerprint density at radius 2 is 2.11 bits per heavy atom. The third-order valence-electron chi connectivity index (χ3n) is 3.95. The first-order chi connectivity index (χ1) is 9.10. The average molecular weight is 261 g/mol. The summed E-state index contributed by atoms with van der Waals surface area (Å²) in [6, 6.07) is 8.51. The minimum absolute atomic E-state index is 0.156. The van der Waals surface area contributed by atoms with Crippen LogP contribution in [0.1, 0.15) is 43.7 Å². The van der Waals surface area contributed by atoms with Gasteiger partial charge in [0.15, 0.2) is 0 Å². The molecule has 1 aliphatic rings. The number of β-amino-alcohol motifs (C(OH)–C–C–N with tert-alkyl or cyclic N) is 1. The summed E-state index contributed by atoms with van der Waals surface area (Å²) in [6.07, 6.45) is 1.95. The number of rotatable bonds is 4. The van der Waals surface area contributed by atoms with Crippen LogP contribution >= 0.6 is 0 Å². The number of aryl methyl sites for hydroxylation is 1.